The second-order valence-electron chi connectivity index (χ2n) is 7.21. The second-order valence-corrected chi connectivity index (χ2v) is 9.53. The molecule has 0 amide bonds. The Morgan fingerprint density at radius 1 is 1.08 bits per heavy atom. The molecule has 0 unspecified atom stereocenters. The van der Waals surface area contributed by atoms with Crippen molar-refractivity contribution in [1.82, 2.24) is 4.31 Å². The summed E-state index contributed by atoms with van der Waals surface area (Å²) in [5.41, 5.74) is 2.29. The van der Waals surface area contributed by atoms with Crippen LogP contribution in [0.4, 0.5) is 0 Å². The van der Waals surface area contributed by atoms with E-state index in [9.17, 15) is 8.42 Å². The van der Waals surface area contributed by atoms with Crippen LogP contribution in [-0.4, -0.2) is 19.3 Å². The first-order valence-corrected chi connectivity index (χ1v) is 10.2. The molecule has 2 aliphatic rings. The van der Waals surface area contributed by atoms with E-state index < -0.39 is 10.0 Å². The van der Waals surface area contributed by atoms with E-state index in [4.69, 9.17) is 11.6 Å². The van der Waals surface area contributed by atoms with Gasteiger partial charge in [0.1, 0.15) is 0 Å². The van der Waals surface area contributed by atoms with Crippen molar-refractivity contribution in [3.05, 3.63) is 77.0 Å². The smallest absolute Gasteiger partial charge is 0.263 e. The van der Waals surface area contributed by atoms with Crippen LogP contribution >= 0.6 is 11.6 Å². The van der Waals surface area contributed by atoms with Crippen molar-refractivity contribution < 1.29 is 8.42 Å². The van der Waals surface area contributed by atoms with Crippen LogP contribution in [-0.2, 0) is 10.0 Å². The zero-order valence-electron chi connectivity index (χ0n) is 14.2. The predicted octanol–water partition coefficient (Wildman–Crippen LogP) is 4.59. The Morgan fingerprint density at radius 2 is 1.72 bits per heavy atom. The van der Waals surface area contributed by atoms with Gasteiger partial charge in [0.05, 0.1) is 4.90 Å². The van der Waals surface area contributed by atoms with Crippen molar-refractivity contribution in [3.63, 3.8) is 0 Å². The summed E-state index contributed by atoms with van der Waals surface area (Å²) in [5, 5.41) is 0.719. The lowest BCUT2D eigenvalue weighted by atomic mass is 10.0. The van der Waals surface area contributed by atoms with Crippen molar-refractivity contribution in [2.24, 2.45) is 11.3 Å². The van der Waals surface area contributed by atoms with Gasteiger partial charge in [-0.05, 0) is 54.0 Å². The molecule has 2 aromatic carbocycles. The molecule has 1 heterocycles. The number of halogens is 1. The summed E-state index contributed by atoms with van der Waals surface area (Å²) >= 11 is 5.98. The molecule has 5 heteroatoms. The first-order chi connectivity index (χ1) is 11.8. The molecule has 1 aliphatic carbocycles. The number of rotatable bonds is 3. The van der Waals surface area contributed by atoms with Crippen LogP contribution in [0.5, 0.6) is 0 Å². The number of nitrogens with zero attached hydrogens (tertiary/aromatic N) is 1. The third-order valence-electron chi connectivity index (χ3n) is 5.60. The van der Waals surface area contributed by atoms with Gasteiger partial charge in [-0.15, -0.1) is 0 Å². The van der Waals surface area contributed by atoms with E-state index >= 15 is 0 Å². The molecule has 0 N–H and O–H groups in total. The largest absolute Gasteiger partial charge is 0.273 e. The van der Waals surface area contributed by atoms with Gasteiger partial charge in [0.25, 0.3) is 10.0 Å². The van der Waals surface area contributed by atoms with E-state index in [0.29, 0.717) is 23.3 Å². The van der Waals surface area contributed by atoms with Gasteiger partial charge in [-0.3, -0.25) is 4.31 Å². The van der Waals surface area contributed by atoms with Crippen LogP contribution in [0.15, 0.2) is 65.7 Å². The minimum Gasteiger partial charge on any atom is -0.273 e. The quantitative estimate of drug-likeness (QED) is 0.789. The molecule has 130 valence electrons. The Labute approximate surface area is 154 Å². The molecule has 0 saturated heterocycles. The van der Waals surface area contributed by atoms with E-state index in [1.165, 1.54) is 9.87 Å². The van der Waals surface area contributed by atoms with Crippen molar-refractivity contribution in [2.75, 3.05) is 6.54 Å². The minimum atomic E-state index is -3.50. The normalized spacial score (nSPS) is 27.9. The number of allylic oxidation sites excluding steroid dienone is 1. The van der Waals surface area contributed by atoms with Crippen LogP contribution in [0, 0.1) is 18.3 Å². The van der Waals surface area contributed by atoms with Gasteiger partial charge in [-0.2, -0.15) is 0 Å². The summed E-state index contributed by atoms with van der Waals surface area (Å²) in [6.07, 6.45) is 3.79. The monoisotopic (exact) mass is 373 g/mol. The zero-order valence-corrected chi connectivity index (χ0v) is 15.8. The highest BCUT2D eigenvalue weighted by molar-refractivity contribution is 7.89. The minimum absolute atomic E-state index is 0.0210. The van der Waals surface area contributed by atoms with Crippen LogP contribution in [0.3, 0.4) is 0 Å². The van der Waals surface area contributed by atoms with Gasteiger partial charge in [0, 0.05) is 17.8 Å². The molecule has 3 atom stereocenters. The molecule has 25 heavy (non-hydrogen) atoms. The van der Waals surface area contributed by atoms with Crippen molar-refractivity contribution in [1.29, 1.82) is 0 Å². The molecule has 0 aromatic heterocycles. The van der Waals surface area contributed by atoms with E-state index in [1.807, 2.05) is 49.4 Å². The second kappa shape index (κ2) is 5.61. The third-order valence-corrected chi connectivity index (χ3v) is 7.60. The molecule has 0 bridgehead atoms. The Balaban J connectivity index is 1.60. The van der Waals surface area contributed by atoms with Crippen molar-refractivity contribution in [2.45, 2.75) is 24.7 Å². The Kier molecular flexibility index (Phi) is 3.74. The van der Waals surface area contributed by atoms with E-state index in [-0.39, 0.29) is 5.41 Å². The molecule has 0 radical (unpaired) electrons. The highest BCUT2D eigenvalue weighted by Crippen LogP contribution is 2.67. The topological polar surface area (TPSA) is 37.4 Å². The summed E-state index contributed by atoms with van der Waals surface area (Å²) in [5.74, 6) is 0.623. The molecule has 1 aliphatic heterocycles. The van der Waals surface area contributed by atoms with Crippen LogP contribution in [0.1, 0.15) is 24.0 Å². The Bertz CT molecular complexity index is 935. The predicted molar refractivity (Wildman–Crippen MR) is 100 cm³/mol. The highest BCUT2D eigenvalue weighted by Gasteiger charge is 2.62. The maximum absolute atomic E-state index is 12.9. The number of benzene rings is 2. The number of aryl methyl sites for hydroxylation is 1. The van der Waals surface area contributed by atoms with Crippen LogP contribution in [0.25, 0.3) is 0 Å². The van der Waals surface area contributed by atoms with Gasteiger partial charge in [0.2, 0.25) is 0 Å². The van der Waals surface area contributed by atoms with Gasteiger partial charge >= 0.3 is 0 Å². The number of fused-ring (bicyclic) bond motifs is 1. The number of sulfonamides is 1. The van der Waals surface area contributed by atoms with Crippen molar-refractivity contribution in [3.8, 4) is 0 Å². The first kappa shape index (κ1) is 16.7. The number of hydrogen-bond acceptors (Lipinski definition) is 2. The summed E-state index contributed by atoms with van der Waals surface area (Å²) in [6, 6.07) is 14.9. The summed E-state index contributed by atoms with van der Waals surface area (Å²) in [7, 11) is -3.50. The molecule has 1 fully saturated rings. The SMILES string of the molecule is Cc1ccc(S(=O)(=O)N2C=C[C@@]3(C)[C@@H](C2)[C@@H]3c2ccc(Cl)cc2)cc1. The fourth-order valence-corrected chi connectivity index (χ4v) is 5.39. The fourth-order valence-electron chi connectivity index (χ4n) is 3.94. The maximum atomic E-state index is 12.9. The molecule has 0 spiro atoms. The number of hydrogen-bond donors (Lipinski definition) is 0. The van der Waals surface area contributed by atoms with E-state index in [1.54, 1.807) is 18.3 Å². The zero-order chi connectivity index (χ0) is 17.8. The Morgan fingerprint density at radius 3 is 2.36 bits per heavy atom. The van der Waals surface area contributed by atoms with E-state index in [0.717, 1.165) is 10.6 Å². The summed E-state index contributed by atoms with van der Waals surface area (Å²) in [4.78, 5) is 0.343. The molecule has 1 saturated carbocycles. The van der Waals surface area contributed by atoms with Crippen molar-refractivity contribution >= 4 is 21.6 Å². The molecular formula is C20H20ClNO2S. The molecule has 3 nitrogen and oxygen atoms in total. The molecular weight excluding hydrogens is 354 g/mol. The highest BCUT2D eigenvalue weighted by atomic mass is 35.5. The maximum Gasteiger partial charge on any atom is 0.263 e. The van der Waals surface area contributed by atoms with Gasteiger partial charge < -0.3 is 0 Å². The van der Waals surface area contributed by atoms with Crippen LogP contribution in [0.2, 0.25) is 5.02 Å². The average molecular weight is 374 g/mol. The van der Waals surface area contributed by atoms with Crippen LogP contribution < -0.4 is 0 Å². The van der Waals surface area contributed by atoms with Gasteiger partial charge in [-0.1, -0.05) is 54.4 Å². The molecule has 2 aromatic rings. The lowest BCUT2D eigenvalue weighted by Crippen LogP contribution is -2.31. The fraction of sp³-hybridized carbons (Fsp3) is 0.300. The standard InChI is InChI=1S/C20H20ClNO2S/c1-14-3-9-17(10-4-14)25(23,24)22-12-11-20(2)18(13-22)19(20)15-5-7-16(21)8-6-15/h3-12,18-19H,13H2,1-2H3/t18-,19-,20-/m0/s1. The van der Waals surface area contributed by atoms with Gasteiger partial charge in [-0.25, -0.2) is 8.42 Å². The Hall–Kier alpha value is -1.78. The third kappa shape index (κ3) is 2.68. The van der Waals surface area contributed by atoms with E-state index in [2.05, 4.69) is 6.92 Å². The molecule has 4 rings (SSSR count). The lowest BCUT2D eigenvalue weighted by Gasteiger charge is -2.25. The van der Waals surface area contributed by atoms with Gasteiger partial charge in [0.15, 0.2) is 0 Å². The summed E-state index contributed by atoms with van der Waals surface area (Å²) in [6.45, 7) is 4.66. The summed E-state index contributed by atoms with van der Waals surface area (Å²) < 4.78 is 27.3. The average Bonchev–Trinajstić information content (AvgIpc) is 3.20. The first-order valence-electron chi connectivity index (χ1n) is 8.36. The lowest BCUT2D eigenvalue weighted by molar-refractivity contribution is 0.432.